The molecule has 0 saturated carbocycles. The molecule has 1 fully saturated rings. The first kappa shape index (κ1) is 14.3. The average molecular weight is 284 g/mol. The van der Waals surface area contributed by atoms with Gasteiger partial charge in [0.1, 0.15) is 10.6 Å². The van der Waals surface area contributed by atoms with Crippen molar-refractivity contribution in [2.24, 2.45) is 0 Å². The maximum atomic E-state index is 12.5. The molecule has 1 aromatic carbocycles. The highest BCUT2D eigenvalue weighted by Gasteiger charge is 2.27. The van der Waals surface area contributed by atoms with Crippen LogP contribution >= 0.6 is 0 Å². The van der Waals surface area contributed by atoms with Crippen molar-refractivity contribution in [1.82, 2.24) is 9.62 Å². The van der Waals surface area contributed by atoms with Crippen molar-refractivity contribution in [3.8, 4) is 5.75 Å². The Morgan fingerprint density at radius 3 is 2.79 bits per heavy atom. The Hall–Kier alpha value is -1.11. The maximum absolute atomic E-state index is 12.5. The van der Waals surface area contributed by atoms with Crippen LogP contribution in [-0.2, 0) is 10.0 Å². The number of rotatable bonds is 5. The topological polar surface area (TPSA) is 58.6 Å². The second-order valence-electron chi connectivity index (χ2n) is 4.73. The highest BCUT2D eigenvalue weighted by molar-refractivity contribution is 7.89. The molecule has 2 rings (SSSR count). The van der Waals surface area contributed by atoms with Gasteiger partial charge in [-0.15, -0.1) is 0 Å². The number of hydrogen-bond donors (Lipinski definition) is 1. The summed E-state index contributed by atoms with van der Waals surface area (Å²) in [4.78, 5) is 0.220. The smallest absolute Gasteiger partial charge is 0.246 e. The number of methoxy groups -OCH3 is 1. The Balaban J connectivity index is 2.20. The van der Waals surface area contributed by atoms with Crippen LogP contribution in [0.5, 0.6) is 5.75 Å². The molecule has 1 N–H and O–H groups in total. The molecule has 0 aliphatic carbocycles. The van der Waals surface area contributed by atoms with Crippen molar-refractivity contribution >= 4 is 10.0 Å². The van der Waals surface area contributed by atoms with E-state index in [4.69, 9.17) is 4.74 Å². The molecule has 6 heteroatoms. The van der Waals surface area contributed by atoms with Crippen molar-refractivity contribution in [2.75, 3.05) is 27.2 Å². The zero-order chi connectivity index (χ0) is 13.9. The molecule has 19 heavy (non-hydrogen) atoms. The summed E-state index contributed by atoms with van der Waals surface area (Å²) in [5.74, 6) is 0.383. The van der Waals surface area contributed by atoms with Crippen LogP contribution in [0.25, 0.3) is 0 Å². The summed E-state index contributed by atoms with van der Waals surface area (Å²) in [6.07, 6.45) is 2.12. The first-order valence-electron chi connectivity index (χ1n) is 6.38. The van der Waals surface area contributed by atoms with E-state index in [1.165, 1.54) is 11.4 Å². The van der Waals surface area contributed by atoms with Crippen molar-refractivity contribution in [1.29, 1.82) is 0 Å². The number of benzene rings is 1. The fourth-order valence-electron chi connectivity index (χ4n) is 2.32. The zero-order valence-electron chi connectivity index (χ0n) is 11.3. The SMILES string of the molecule is COc1ccccc1S(=O)(=O)N(C)CC1CCCN1. The average Bonchev–Trinajstić information content (AvgIpc) is 2.91. The number of likely N-dealkylation sites (N-methyl/N-ethyl adjacent to an activating group) is 1. The van der Waals surface area contributed by atoms with Gasteiger partial charge in [-0.1, -0.05) is 12.1 Å². The van der Waals surface area contributed by atoms with Gasteiger partial charge in [0, 0.05) is 19.6 Å². The fraction of sp³-hybridized carbons (Fsp3) is 0.538. The first-order valence-corrected chi connectivity index (χ1v) is 7.82. The van der Waals surface area contributed by atoms with Gasteiger partial charge in [-0.2, -0.15) is 4.31 Å². The van der Waals surface area contributed by atoms with Gasteiger partial charge in [-0.3, -0.25) is 0 Å². The molecular formula is C13H20N2O3S. The van der Waals surface area contributed by atoms with Crippen LogP contribution in [0.2, 0.25) is 0 Å². The minimum absolute atomic E-state index is 0.220. The van der Waals surface area contributed by atoms with Gasteiger partial charge in [0.05, 0.1) is 7.11 Å². The van der Waals surface area contributed by atoms with Crippen LogP contribution < -0.4 is 10.1 Å². The summed E-state index contributed by atoms with van der Waals surface area (Å²) in [6, 6.07) is 6.95. The van der Waals surface area contributed by atoms with Gasteiger partial charge in [0.2, 0.25) is 10.0 Å². The summed E-state index contributed by atoms with van der Waals surface area (Å²) in [6.45, 7) is 1.45. The second-order valence-corrected chi connectivity index (χ2v) is 6.74. The van der Waals surface area contributed by atoms with Crippen LogP contribution in [0.4, 0.5) is 0 Å². The molecule has 1 aromatic rings. The summed E-state index contributed by atoms with van der Waals surface area (Å²) < 4.78 is 31.6. The lowest BCUT2D eigenvalue weighted by molar-refractivity contribution is 0.391. The molecule has 1 aliphatic heterocycles. The van der Waals surface area contributed by atoms with Gasteiger partial charge < -0.3 is 10.1 Å². The van der Waals surface area contributed by atoms with Crippen LogP contribution in [0.3, 0.4) is 0 Å². The molecule has 1 atom stereocenters. The van der Waals surface area contributed by atoms with E-state index in [1.807, 2.05) is 0 Å². The zero-order valence-corrected chi connectivity index (χ0v) is 12.1. The number of ether oxygens (including phenoxy) is 1. The monoisotopic (exact) mass is 284 g/mol. The van der Waals surface area contributed by atoms with Crippen LogP contribution in [0.15, 0.2) is 29.2 Å². The highest BCUT2D eigenvalue weighted by Crippen LogP contribution is 2.25. The van der Waals surface area contributed by atoms with E-state index in [9.17, 15) is 8.42 Å². The molecule has 0 spiro atoms. The molecule has 1 heterocycles. The first-order chi connectivity index (χ1) is 9.05. The van der Waals surface area contributed by atoms with Crippen molar-refractivity contribution in [2.45, 2.75) is 23.8 Å². The van der Waals surface area contributed by atoms with E-state index < -0.39 is 10.0 Å². The van der Waals surface area contributed by atoms with E-state index in [2.05, 4.69) is 5.32 Å². The number of sulfonamides is 1. The molecule has 0 radical (unpaired) electrons. The molecular weight excluding hydrogens is 264 g/mol. The lowest BCUT2D eigenvalue weighted by atomic mass is 10.2. The van der Waals surface area contributed by atoms with Gasteiger partial charge in [-0.25, -0.2) is 8.42 Å². The Bertz CT molecular complexity index is 524. The molecule has 0 amide bonds. The van der Waals surface area contributed by atoms with E-state index in [0.29, 0.717) is 12.3 Å². The molecule has 106 valence electrons. The quantitative estimate of drug-likeness (QED) is 0.878. The predicted octanol–water partition coefficient (Wildman–Crippen LogP) is 1.07. The summed E-state index contributed by atoms with van der Waals surface area (Å²) >= 11 is 0. The molecule has 1 saturated heterocycles. The van der Waals surface area contributed by atoms with Crippen LogP contribution in [0, 0.1) is 0 Å². The highest BCUT2D eigenvalue weighted by atomic mass is 32.2. The molecule has 1 aliphatic rings. The minimum Gasteiger partial charge on any atom is -0.495 e. The molecule has 1 unspecified atom stereocenters. The van der Waals surface area contributed by atoms with E-state index >= 15 is 0 Å². The number of para-hydroxylation sites is 1. The molecule has 0 bridgehead atoms. The van der Waals surface area contributed by atoms with E-state index in [1.54, 1.807) is 31.3 Å². The predicted molar refractivity (Wildman–Crippen MR) is 73.8 cm³/mol. The Kier molecular flexibility index (Phi) is 4.44. The van der Waals surface area contributed by atoms with Gasteiger partial charge in [0.15, 0.2) is 0 Å². The third-order valence-electron chi connectivity index (χ3n) is 3.40. The fourth-order valence-corrected chi connectivity index (χ4v) is 3.69. The molecule has 5 nitrogen and oxygen atoms in total. The van der Waals surface area contributed by atoms with E-state index in [0.717, 1.165) is 19.4 Å². The Morgan fingerprint density at radius 1 is 1.42 bits per heavy atom. The summed E-state index contributed by atoms with van der Waals surface area (Å²) in [7, 11) is -0.409. The molecule has 0 aromatic heterocycles. The number of hydrogen-bond acceptors (Lipinski definition) is 4. The van der Waals surface area contributed by atoms with Crippen molar-refractivity contribution in [3.05, 3.63) is 24.3 Å². The minimum atomic E-state index is -3.50. The summed E-state index contributed by atoms with van der Waals surface area (Å²) in [5, 5.41) is 3.30. The Labute approximate surface area is 114 Å². The van der Waals surface area contributed by atoms with Crippen LogP contribution in [-0.4, -0.2) is 46.0 Å². The van der Waals surface area contributed by atoms with Gasteiger partial charge >= 0.3 is 0 Å². The van der Waals surface area contributed by atoms with Gasteiger partial charge in [0.25, 0.3) is 0 Å². The Morgan fingerprint density at radius 2 is 2.16 bits per heavy atom. The second kappa shape index (κ2) is 5.90. The van der Waals surface area contributed by atoms with E-state index in [-0.39, 0.29) is 10.9 Å². The van der Waals surface area contributed by atoms with Crippen LogP contribution in [0.1, 0.15) is 12.8 Å². The third-order valence-corrected chi connectivity index (χ3v) is 5.26. The lowest BCUT2D eigenvalue weighted by Gasteiger charge is -2.22. The van der Waals surface area contributed by atoms with Crippen molar-refractivity contribution < 1.29 is 13.2 Å². The maximum Gasteiger partial charge on any atom is 0.246 e. The third kappa shape index (κ3) is 3.08. The normalized spacial score (nSPS) is 19.8. The summed E-state index contributed by atoms with van der Waals surface area (Å²) in [5.41, 5.74) is 0. The standard InChI is InChI=1S/C13H20N2O3S/c1-15(10-11-6-5-9-14-11)19(16,17)13-8-4-3-7-12(13)18-2/h3-4,7-8,11,14H,5-6,9-10H2,1-2H3. The van der Waals surface area contributed by atoms with Gasteiger partial charge in [-0.05, 0) is 31.5 Å². The number of nitrogens with one attached hydrogen (secondary N) is 1. The van der Waals surface area contributed by atoms with Crippen molar-refractivity contribution in [3.63, 3.8) is 0 Å². The number of nitrogens with zero attached hydrogens (tertiary/aromatic N) is 1. The largest absolute Gasteiger partial charge is 0.495 e. The lowest BCUT2D eigenvalue weighted by Crippen LogP contribution is -2.38.